The number of Topliss-reactive ketones (excluding diaryl/α,β-unsaturated/α-hetero) is 1. The summed E-state index contributed by atoms with van der Waals surface area (Å²) in [5.41, 5.74) is 1.11. The highest BCUT2D eigenvalue weighted by Gasteiger charge is 2.08. The molecule has 0 saturated carbocycles. The Morgan fingerprint density at radius 2 is 2.15 bits per heavy atom. The van der Waals surface area contributed by atoms with Gasteiger partial charge in [-0.3, -0.25) is 4.79 Å². The fourth-order valence-electron chi connectivity index (χ4n) is 1.12. The number of carbonyl (C=O) groups excluding carboxylic acids is 1. The van der Waals surface area contributed by atoms with Gasteiger partial charge in [0.2, 0.25) is 0 Å². The van der Waals surface area contributed by atoms with E-state index in [1.54, 1.807) is 24.3 Å². The van der Waals surface area contributed by atoms with Crippen LogP contribution in [0.5, 0.6) is 0 Å². The number of hydrogen-bond acceptors (Lipinski definition) is 3. The Hall–Kier alpha value is -1.66. The van der Waals surface area contributed by atoms with E-state index in [1.807, 2.05) is 6.07 Å². The summed E-state index contributed by atoms with van der Waals surface area (Å²) in [4.78, 5) is 11.1. The van der Waals surface area contributed by atoms with Gasteiger partial charge in [0.05, 0.1) is 12.5 Å². The second-order valence-corrected chi connectivity index (χ2v) is 2.57. The molecule has 3 heteroatoms. The summed E-state index contributed by atoms with van der Waals surface area (Å²) in [6, 6.07) is 8.78. The molecule has 0 unspecified atom stereocenters. The Balaban J connectivity index is 3.05. The first kappa shape index (κ1) is 9.43. The Labute approximate surface area is 76.2 Å². The van der Waals surface area contributed by atoms with Gasteiger partial charge in [-0.2, -0.15) is 5.26 Å². The number of rotatable bonds is 3. The number of ketones is 1. The van der Waals surface area contributed by atoms with Gasteiger partial charge in [-0.1, -0.05) is 24.3 Å². The van der Waals surface area contributed by atoms with Crippen molar-refractivity contribution in [2.24, 2.45) is 0 Å². The second kappa shape index (κ2) is 4.39. The van der Waals surface area contributed by atoms with E-state index in [9.17, 15) is 4.79 Å². The fourth-order valence-corrected chi connectivity index (χ4v) is 1.12. The summed E-state index contributed by atoms with van der Waals surface area (Å²) in [5, 5.41) is 17.1. The molecule has 0 aliphatic heterocycles. The van der Waals surface area contributed by atoms with Gasteiger partial charge >= 0.3 is 0 Å². The molecule has 0 aliphatic rings. The van der Waals surface area contributed by atoms with Crippen molar-refractivity contribution in [1.29, 1.82) is 5.26 Å². The molecular formula is C10H9NO2. The number of nitriles is 1. The molecule has 0 amide bonds. The smallest absolute Gasteiger partial charge is 0.188 e. The van der Waals surface area contributed by atoms with Crippen molar-refractivity contribution in [3.05, 3.63) is 35.4 Å². The summed E-state index contributed by atoms with van der Waals surface area (Å²) >= 11 is 0. The standard InChI is InChI=1S/C10H9NO2/c11-6-5-8-3-1-2-4-9(8)10(13)7-12/h1-4,12H,5,7H2. The van der Waals surface area contributed by atoms with Crippen LogP contribution < -0.4 is 0 Å². The van der Waals surface area contributed by atoms with Gasteiger partial charge in [-0.05, 0) is 5.56 Å². The van der Waals surface area contributed by atoms with E-state index >= 15 is 0 Å². The van der Waals surface area contributed by atoms with Gasteiger partial charge in [0.25, 0.3) is 0 Å². The van der Waals surface area contributed by atoms with E-state index in [-0.39, 0.29) is 12.2 Å². The third-order valence-electron chi connectivity index (χ3n) is 1.73. The van der Waals surface area contributed by atoms with Crippen molar-refractivity contribution >= 4 is 5.78 Å². The Bertz CT molecular complexity index is 352. The van der Waals surface area contributed by atoms with E-state index in [0.29, 0.717) is 11.1 Å². The monoisotopic (exact) mass is 175 g/mol. The molecule has 0 radical (unpaired) electrons. The highest BCUT2D eigenvalue weighted by Crippen LogP contribution is 2.09. The number of aliphatic hydroxyl groups is 1. The molecule has 1 aromatic carbocycles. The molecule has 0 aliphatic carbocycles. The van der Waals surface area contributed by atoms with Crippen molar-refractivity contribution in [2.75, 3.05) is 6.61 Å². The van der Waals surface area contributed by atoms with Crippen LogP contribution in [0.2, 0.25) is 0 Å². The number of nitrogens with zero attached hydrogens (tertiary/aromatic N) is 1. The lowest BCUT2D eigenvalue weighted by molar-refractivity contribution is 0.0903. The molecule has 1 rings (SSSR count). The molecule has 3 nitrogen and oxygen atoms in total. The minimum absolute atomic E-state index is 0.196. The molecule has 1 N–H and O–H groups in total. The Morgan fingerprint density at radius 3 is 2.77 bits per heavy atom. The lowest BCUT2D eigenvalue weighted by Gasteiger charge is -2.02. The van der Waals surface area contributed by atoms with Gasteiger partial charge < -0.3 is 5.11 Å². The average molecular weight is 175 g/mol. The predicted octanol–water partition coefficient (Wildman–Crippen LogP) is 0.928. The second-order valence-electron chi connectivity index (χ2n) is 2.57. The van der Waals surface area contributed by atoms with Crippen molar-refractivity contribution in [3.63, 3.8) is 0 Å². The molecule has 0 atom stereocenters. The Morgan fingerprint density at radius 1 is 1.46 bits per heavy atom. The van der Waals surface area contributed by atoms with Crippen LogP contribution in [0.15, 0.2) is 24.3 Å². The summed E-state index contributed by atoms with van der Waals surface area (Å²) in [5.74, 6) is -0.342. The number of carbonyl (C=O) groups is 1. The van der Waals surface area contributed by atoms with Crippen LogP contribution in [-0.2, 0) is 6.42 Å². The van der Waals surface area contributed by atoms with Gasteiger partial charge in [0, 0.05) is 5.56 Å². The summed E-state index contributed by atoms with van der Waals surface area (Å²) in [6.45, 7) is -0.511. The van der Waals surface area contributed by atoms with Crippen LogP contribution in [0.4, 0.5) is 0 Å². The zero-order valence-electron chi connectivity index (χ0n) is 7.03. The lowest BCUT2D eigenvalue weighted by Crippen LogP contribution is -2.07. The first-order chi connectivity index (χ1) is 6.29. The van der Waals surface area contributed by atoms with Crippen LogP contribution >= 0.6 is 0 Å². The topological polar surface area (TPSA) is 61.1 Å². The van der Waals surface area contributed by atoms with Crippen molar-refractivity contribution in [1.82, 2.24) is 0 Å². The van der Waals surface area contributed by atoms with Crippen LogP contribution in [0.25, 0.3) is 0 Å². The number of benzene rings is 1. The average Bonchev–Trinajstić information content (AvgIpc) is 2.18. The molecule has 66 valence electrons. The summed E-state index contributed by atoms with van der Waals surface area (Å²) in [7, 11) is 0. The molecule has 0 bridgehead atoms. The number of aliphatic hydroxyl groups excluding tert-OH is 1. The van der Waals surface area contributed by atoms with Gasteiger partial charge in [-0.25, -0.2) is 0 Å². The van der Waals surface area contributed by atoms with Crippen molar-refractivity contribution in [2.45, 2.75) is 6.42 Å². The highest BCUT2D eigenvalue weighted by atomic mass is 16.3. The third kappa shape index (κ3) is 2.14. The zero-order chi connectivity index (χ0) is 9.68. The van der Waals surface area contributed by atoms with Crippen molar-refractivity contribution in [3.8, 4) is 6.07 Å². The van der Waals surface area contributed by atoms with Gasteiger partial charge in [0.15, 0.2) is 5.78 Å². The van der Waals surface area contributed by atoms with Gasteiger partial charge in [-0.15, -0.1) is 0 Å². The molecular weight excluding hydrogens is 166 g/mol. The summed E-state index contributed by atoms with van der Waals surface area (Å²) < 4.78 is 0. The van der Waals surface area contributed by atoms with Crippen LogP contribution in [0.1, 0.15) is 15.9 Å². The lowest BCUT2D eigenvalue weighted by atomic mass is 10.0. The molecule has 0 saturated heterocycles. The zero-order valence-corrected chi connectivity index (χ0v) is 7.03. The van der Waals surface area contributed by atoms with E-state index in [0.717, 1.165) is 0 Å². The van der Waals surface area contributed by atoms with Crippen LogP contribution in [-0.4, -0.2) is 17.5 Å². The fraction of sp³-hybridized carbons (Fsp3) is 0.200. The highest BCUT2D eigenvalue weighted by molar-refractivity contribution is 5.98. The SMILES string of the molecule is N#CCc1ccccc1C(=O)CO. The van der Waals surface area contributed by atoms with E-state index < -0.39 is 6.61 Å². The maximum Gasteiger partial charge on any atom is 0.188 e. The minimum Gasteiger partial charge on any atom is -0.388 e. The van der Waals surface area contributed by atoms with E-state index in [4.69, 9.17) is 10.4 Å². The van der Waals surface area contributed by atoms with Crippen molar-refractivity contribution < 1.29 is 9.90 Å². The first-order valence-electron chi connectivity index (χ1n) is 3.88. The maximum atomic E-state index is 11.1. The quantitative estimate of drug-likeness (QED) is 0.695. The largest absolute Gasteiger partial charge is 0.388 e. The number of hydrogen-bond donors (Lipinski definition) is 1. The molecule has 0 aromatic heterocycles. The predicted molar refractivity (Wildman–Crippen MR) is 47.2 cm³/mol. The van der Waals surface area contributed by atoms with Crippen LogP contribution in [0.3, 0.4) is 0 Å². The van der Waals surface area contributed by atoms with Crippen LogP contribution in [0, 0.1) is 11.3 Å². The molecule has 0 heterocycles. The first-order valence-corrected chi connectivity index (χ1v) is 3.88. The molecule has 0 spiro atoms. The summed E-state index contributed by atoms with van der Waals surface area (Å²) in [6.07, 6.45) is 0.196. The molecule has 1 aromatic rings. The Kier molecular flexibility index (Phi) is 3.18. The maximum absolute atomic E-state index is 11.1. The van der Waals surface area contributed by atoms with E-state index in [1.165, 1.54) is 0 Å². The third-order valence-corrected chi connectivity index (χ3v) is 1.73. The molecule has 13 heavy (non-hydrogen) atoms. The molecule has 0 fully saturated rings. The minimum atomic E-state index is -0.511. The van der Waals surface area contributed by atoms with Gasteiger partial charge in [0.1, 0.15) is 6.61 Å². The van der Waals surface area contributed by atoms with E-state index in [2.05, 4.69) is 0 Å². The normalized spacial score (nSPS) is 9.23.